The largest absolute Gasteiger partial charge is 0.399 e. The highest BCUT2D eigenvalue weighted by atomic mass is 32.2. The monoisotopic (exact) mass is 301 g/mol. The predicted octanol–water partition coefficient (Wildman–Crippen LogP) is 4.00. The predicted molar refractivity (Wildman–Crippen MR) is 87.6 cm³/mol. The second kappa shape index (κ2) is 6.80. The number of nitrogens with two attached hydrogens (primary N) is 1. The van der Waals surface area contributed by atoms with Gasteiger partial charge in [-0.15, -0.1) is 0 Å². The van der Waals surface area contributed by atoms with E-state index in [0.29, 0.717) is 5.89 Å². The van der Waals surface area contributed by atoms with Crippen LogP contribution in [-0.2, 0) is 5.75 Å². The van der Waals surface area contributed by atoms with E-state index in [4.69, 9.17) is 10.3 Å². The van der Waals surface area contributed by atoms with E-state index in [1.165, 1.54) is 25.7 Å². The Balaban J connectivity index is 1.56. The molecule has 0 bridgehead atoms. The van der Waals surface area contributed by atoms with Gasteiger partial charge in [-0.1, -0.05) is 30.1 Å². The molecule has 0 spiro atoms. The molecule has 21 heavy (non-hydrogen) atoms. The number of hydrogen-bond acceptors (Lipinski definition) is 5. The minimum Gasteiger partial charge on any atom is -0.399 e. The highest BCUT2D eigenvalue weighted by molar-refractivity contribution is 7.99. The van der Waals surface area contributed by atoms with Crippen molar-refractivity contribution in [2.75, 3.05) is 5.73 Å². The molecule has 0 amide bonds. The summed E-state index contributed by atoms with van der Waals surface area (Å²) in [5.41, 5.74) is 7.51. The molecular formula is C16H19N3OS. The van der Waals surface area contributed by atoms with Crippen molar-refractivity contribution in [3.05, 3.63) is 41.5 Å². The lowest BCUT2D eigenvalue weighted by atomic mass is 10.2. The highest BCUT2D eigenvalue weighted by Gasteiger charge is 2.16. The molecule has 1 aromatic carbocycles. The van der Waals surface area contributed by atoms with Crippen LogP contribution in [0.5, 0.6) is 0 Å². The summed E-state index contributed by atoms with van der Waals surface area (Å²) < 4.78 is 5.24. The molecule has 1 aromatic heterocycles. The maximum Gasteiger partial charge on any atom is 0.250 e. The topological polar surface area (TPSA) is 64.9 Å². The van der Waals surface area contributed by atoms with Gasteiger partial charge in [-0.05, 0) is 36.6 Å². The Morgan fingerprint density at radius 1 is 1.29 bits per heavy atom. The number of hydrogen-bond donors (Lipinski definition) is 1. The second-order valence-corrected chi connectivity index (χ2v) is 6.56. The maximum absolute atomic E-state index is 5.74. The first kappa shape index (κ1) is 14.2. The molecule has 0 radical (unpaired) electrons. The van der Waals surface area contributed by atoms with Crippen LogP contribution in [0.2, 0.25) is 0 Å². The SMILES string of the molecule is Nc1cccc(/C=C/c2nc(CSC3CCCC3)no2)c1. The van der Waals surface area contributed by atoms with Gasteiger partial charge in [-0.2, -0.15) is 16.7 Å². The molecule has 1 aliphatic carbocycles. The molecule has 1 heterocycles. The Bertz CT molecular complexity index is 617. The standard InChI is InChI=1S/C16H19N3OS/c17-13-5-3-4-12(10-13)8-9-16-18-15(19-20-16)11-21-14-6-1-2-7-14/h3-5,8-10,14H,1-2,6-7,11,17H2/b9-8+. The van der Waals surface area contributed by atoms with Crippen LogP contribution in [0.25, 0.3) is 12.2 Å². The molecule has 4 nitrogen and oxygen atoms in total. The average Bonchev–Trinajstić information content (AvgIpc) is 3.15. The zero-order valence-electron chi connectivity index (χ0n) is 11.9. The lowest BCUT2D eigenvalue weighted by molar-refractivity contribution is 0.405. The number of nitrogens with zero attached hydrogens (tertiary/aromatic N) is 2. The number of aromatic nitrogens is 2. The molecule has 2 aromatic rings. The van der Waals surface area contributed by atoms with E-state index in [1.54, 1.807) is 0 Å². The first-order valence-electron chi connectivity index (χ1n) is 7.27. The molecule has 5 heteroatoms. The van der Waals surface area contributed by atoms with Crippen LogP contribution in [0.1, 0.15) is 43.0 Å². The van der Waals surface area contributed by atoms with E-state index in [9.17, 15) is 0 Å². The molecule has 0 unspecified atom stereocenters. The first-order chi connectivity index (χ1) is 10.3. The van der Waals surface area contributed by atoms with Crippen LogP contribution in [0.15, 0.2) is 28.8 Å². The molecule has 1 aliphatic rings. The van der Waals surface area contributed by atoms with Gasteiger partial charge in [0.05, 0.1) is 5.75 Å². The van der Waals surface area contributed by atoms with E-state index >= 15 is 0 Å². The Morgan fingerprint density at radius 2 is 2.14 bits per heavy atom. The summed E-state index contributed by atoms with van der Waals surface area (Å²) in [6, 6.07) is 7.68. The van der Waals surface area contributed by atoms with Crippen molar-refractivity contribution in [3.8, 4) is 0 Å². The van der Waals surface area contributed by atoms with Gasteiger partial charge < -0.3 is 10.3 Å². The van der Waals surface area contributed by atoms with Crippen LogP contribution in [-0.4, -0.2) is 15.4 Å². The molecular weight excluding hydrogens is 282 g/mol. The van der Waals surface area contributed by atoms with Gasteiger partial charge in [0.2, 0.25) is 0 Å². The lowest BCUT2D eigenvalue weighted by Crippen LogP contribution is -1.95. The smallest absolute Gasteiger partial charge is 0.250 e. The van der Waals surface area contributed by atoms with Crippen LogP contribution < -0.4 is 5.73 Å². The van der Waals surface area contributed by atoms with E-state index in [1.807, 2.05) is 48.2 Å². The molecule has 0 atom stereocenters. The van der Waals surface area contributed by atoms with Crippen LogP contribution >= 0.6 is 11.8 Å². The summed E-state index contributed by atoms with van der Waals surface area (Å²) in [6.45, 7) is 0. The van der Waals surface area contributed by atoms with Crippen LogP contribution in [0.3, 0.4) is 0 Å². The number of benzene rings is 1. The number of nitrogen functional groups attached to an aromatic ring is 1. The van der Waals surface area contributed by atoms with Gasteiger partial charge in [-0.25, -0.2) is 0 Å². The van der Waals surface area contributed by atoms with Gasteiger partial charge >= 0.3 is 0 Å². The molecule has 1 fully saturated rings. The second-order valence-electron chi connectivity index (χ2n) is 5.27. The van der Waals surface area contributed by atoms with E-state index in [2.05, 4.69) is 10.1 Å². The summed E-state index contributed by atoms with van der Waals surface area (Å²) in [5.74, 6) is 2.15. The van der Waals surface area contributed by atoms with Crippen LogP contribution in [0.4, 0.5) is 5.69 Å². The normalized spacial score (nSPS) is 16.0. The van der Waals surface area contributed by atoms with E-state index in [-0.39, 0.29) is 0 Å². The minimum absolute atomic E-state index is 0.541. The zero-order chi connectivity index (χ0) is 14.5. The first-order valence-corrected chi connectivity index (χ1v) is 8.32. The van der Waals surface area contributed by atoms with E-state index < -0.39 is 0 Å². The lowest BCUT2D eigenvalue weighted by Gasteiger charge is -2.04. The number of anilines is 1. The third-order valence-electron chi connectivity index (χ3n) is 3.56. The Hall–Kier alpha value is -1.75. The van der Waals surface area contributed by atoms with Crippen molar-refractivity contribution in [1.29, 1.82) is 0 Å². The zero-order valence-corrected chi connectivity index (χ0v) is 12.7. The fraction of sp³-hybridized carbons (Fsp3) is 0.375. The number of rotatable bonds is 5. The Morgan fingerprint density at radius 3 is 2.95 bits per heavy atom. The molecule has 0 aliphatic heterocycles. The van der Waals surface area contributed by atoms with Gasteiger partial charge in [0.15, 0.2) is 5.82 Å². The minimum atomic E-state index is 0.541. The van der Waals surface area contributed by atoms with Crippen molar-refractivity contribution in [1.82, 2.24) is 10.1 Å². The van der Waals surface area contributed by atoms with Crippen molar-refractivity contribution in [3.63, 3.8) is 0 Å². The molecule has 110 valence electrons. The molecule has 2 N–H and O–H groups in total. The summed E-state index contributed by atoms with van der Waals surface area (Å²) in [7, 11) is 0. The number of thioether (sulfide) groups is 1. The fourth-order valence-corrected chi connectivity index (χ4v) is 3.64. The summed E-state index contributed by atoms with van der Waals surface area (Å²) in [5, 5.41) is 4.80. The highest BCUT2D eigenvalue weighted by Crippen LogP contribution is 2.31. The maximum atomic E-state index is 5.74. The van der Waals surface area contributed by atoms with Crippen molar-refractivity contribution in [2.24, 2.45) is 0 Å². The summed E-state index contributed by atoms with van der Waals surface area (Å²) in [4.78, 5) is 4.39. The fourth-order valence-electron chi connectivity index (χ4n) is 2.47. The molecule has 1 saturated carbocycles. The van der Waals surface area contributed by atoms with Gasteiger partial charge in [0.1, 0.15) is 0 Å². The van der Waals surface area contributed by atoms with Gasteiger partial charge in [0, 0.05) is 17.0 Å². The van der Waals surface area contributed by atoms with Gasteiger partial charge in [-0.3, -0.25) is 0 Å². The third kappa shape index (κ3) is 4.11. The van der Waals surface area contributed by atoms with Crippen molar-refractivity contribution < 1.29 is 4.52 Å². The summed E-state index contributed by atoms with van der Waals surface area (Å²) >= 11 is 1.94. The van der Waals surface area contributed by atoms with Crippen LogP contribution in [0, 0.1) is 0 Å². The Labute approximate surface area is 128 Å². The molecule has 3 rings (SSSR count). The summed E-state index contributed by atoms with van der Waals surface area (Å²) in [6.07, 6.45) is 9.12. The Kier molecular flexibility index (Phi) is 4.60. The quantitative estimate of drug-likeness (QED) is 0.846. The molecule has 0 saturated heterocycles. The van der Waals surface area contributed by atoms with Gasteiger partial charge in [0.25, 0.3) is 5.89 Å². The van der Waals surface area contributed by atoms with E-state index in [0.717, 1.165) is 28.1 Å². The van der Waals surface area contributed by atoms with Crippen molar-refractivity contribution in [2.45, 2.75) is 36.7 Å². The average molecular weight is 301 g/mol. The third-order valence-corrected chi connectivity index (χ3v) is 4.93. The van der Waals surface area contributed by atoms with Crippen molar-refractivity contribution >= 4 is 29.6 Å².